The lowest BCUT2D eigenvalue weighted by Crippen LogP contribution is -2.46. The smallest absolute Gasteiger partial charge is 0.234 e. The summed E-state index contributed by atoms with van der Waals surface area (Å²) >= 11 is 0. The number of amides is 1. The summed E-state index contributed by atoms with van der Waals surface area (Å²) in [6.45, 7) is 3.85. The Labute approximate surface area is 191 Å². The van der Waals surface area contributed by atoms with Crippen molar-refractivity contribution in [2.45, 2.75) is 32.0 Å². The van der Waals surface area contributed by atoms with Crippen LogP contribution >= 0.6 is 0 Å². The number of likely N-dealkylation sites (tertiary alicyclic amines) is 1. The molecule has 0 saturated carbocycles. The number of likely N-dealkylation sites (N-methyl/N-ethyl adjacent to an activating group) is 1. The number of carbonyl (C=O) groups excluding carboxylic acids is 1. The molecule has 0 unspecified atom stereocenters. The van der Waals surface area contributed by atoms with Gasteiger partial charge in [0, 0.05) is 37.8 Å². The summed E-state index contributed by atoms with van der Waals surface area (Å²) in [6, 6.07) is 14.6. The molecule has 1 fully saturated rings. The average Bonchev–Trinajstić information content (AvgIpc) is 2.80. The van der Waals surface area contributed by atoms with Crippen LogP contribution in [0.5, 0.6) is 17.2 Å². The number of nitrogens with one attached hydrogen (secondary N) is 1. The lowest BCUT2D eigenvalue weighted by Gasteiger charge is -2.32. The van der Waals surface area contributed by atoms with E-state index >= 15 is 0 Å². The van der Waals surface area contributed by atoms with Crippen molar-refractivity contribution < 1.29 is 19.0 Å². The van der Waals surface area contributed by atoms with E-state index in [1.807, 2.05) is 30.1 Å². The van der Waals surface area contributed by atoms with Crippen LogP contribution in [0.4, 0.5) is 0 Å². The number of hydrogen-bond acceptors (Lipinski definition) is 6. The van der Waals surface area contributed by atoms with Crippen LogP contribution in [0.2, 0.25) is 0 Å². The second-order valence-corrected chi connectivity index (χ2v) is 8.27. The molecule has 1 saturated heterocycles. The fourth-order valence-corrected chi connectivity index (χ4v) is 4.23. The van der Waals surface area contributed by atoms with Crippen LogP contribution in [0.1, 0.15) is 24.0 Å². The molecular formula is C25H35N3O4. The maximum Gasteiger partial charge on any atom is 0.234 e. The van der Waals surface area contributed by atoms with Crippen molar-refractivity contribution in [3.8, 4) is 17.2 Å². The van der Waals surface area contributed by atoms with Crippen molar-refractivity contribution in [3.05, 3.63) is 53.6 Å². The van der Waals surface area contributed by atoms with Gasteiger partial charge in [0.05, 0.1) is 27.9 Å². The van der Waals surface area contributed by atoms with Crippen molar-refractivity contribution in [2.24, 2.45) is 0 Å². The van der Waals surface area contributed by atoms with Gasteiger partial charge >= 0.3 is 0 Å². The molecule has 0 spiro atoms. The maximum absolute atomic E-state index is 12.6. The predicted molar refractivity (Wildman–Crippen MR) is 125 cm³/mol. The van der Waals surface area contributed by atoms with Gasteiger partial charge in [-0.25, -0.2) is 0 Å². The van der Waals surface area contributed by atoms with E-state index < -0.39 is 0 Å². The Morgan fingerprint density at radius 3 is 2.31 bits per heavy atom. The van der Waals surface area contributed by atoms with Crippen molar-refractivity contribution in [2.75, 3.05) is 48.0 Å². The van der Waals surface area contributed by atoms with E-state index in [1.54, 1.807) is 21.3 Å². The van der Waals surface area contributed by atoms with E-state index in [2.05, 4.69) is 34.5 Å². The molecule has 3 rings (SSSR count). The molecule has 174 valence electrons. The first-order chi connectivity index (χ1) is 15.5. The molecule has 1 aliphatic rings. The predicted octanol–water partition coefficient (Wildman–Crippen LogP) is 2.93. The molecule has 0 aromatic heterocycles. The van der Waals surface area contributed by atoms with E-state index in [-0.39, 0.29) is 11.9 Å². The SMILES string of the molecule is COc1ccc(CN(C)CC(=O)NC2CCN(Cc3ccccc3)CC2)c(OC)c1OC. The minimum Gasteiger partial charge on any atom is -0.493 e. The van der Waals surface area contributed by atoms with E-state index in [1.165, 1.54) is 5.56 Å². The number of benzene rings is 2. The Balaban J connectivity index is 1.46. The highest BCUT2D eigenvalue weighted by Crippen LogP contribution is 2.40. The van der Waals surface area contributed by atoms with E-state index in [0.717, 1.165) is 38.0 Å². The van der Waals surface area contributed by atoms with Gasteiger partial charge in [-0.3, -0.25) is 14.6 Å². The zero-order valence-corrected chi connectivity index (χ0v) is 19.6. The third-order valence-corrected chi connectivity index (χ3v) is 5.84. The van der Waals surface area contributed by atoms with Crippen LogP contribution in [0.3, 0.4) is 0 Å². The minimum absolute atomic E-state index is 0.0495. The first-order valence-electron chi connectivity index (χ1n) is 11.1. The molecule has 2 aromatic carbocycles. The van der Waals surface area contributed by atoms with E-state index in [9.17, 15) is 4.79 Å². The number of hydrogen-bond donors (Lipinski definition) is 1. The normalized spacial score (nSPS) is 14.9. The van der Waals surface area contributed by atoms with E-state index in [0.29, 0.717) is 30.3 Å². The van der Waals surface area contributed by atoms with Gasteiger partial charge in [-0.1, -0.05) is 36.4 Å². The van der Waals surface area contributed by atoms with Gasteiger partial charge in [-0.05, 0) is 31.5 Å². The molecular weight excluding hydrogens is 406 g/mol. The van der Waals surface area contributed by atoms with Gasteiger partial charge in [0.15, 0.2) is 11.5 Å². The molecule has 7 heteroatoms. The van der Waals surface area contributed by atoms with Crippen molar-refractivity contribution in [1.29, 1.82) is 0 Å². The van der Waals surface area contributed by atoms with Crippen LogP contribution < -0.4 is 19.5 Å². The molecule has 0 atom stereocenters. The summed E-state index contributed by atoms with van der Waals surface area (Å²) in [5.74, 6) is 1.86. The number of ether oxygens (including phenoxy) is 3. The molecule has 2 aromatic rings. The van der Waals surface area contributed by atoms with Gasteiger partial charge in [0.25, 0.3) is 0 Å². The van der Waals surface area contributed by atoms with Crippen LogP contribution in [0, 0.1) is 0 Å². The first-order valence-corrected chi connectivity index (χ1v) is 11.1. The molecule has 0 radical (unpaired) electrons. The van der Waals surface area contributed by atoms with Crippen LogP contribution in [0.25, 0.3) is 0 Å². The van der Waals surface area contributed by atoms with Gasteiger partial charge in [-0.2, -0.15) is 0 Å². The number of nitrogens with zero attached hydrogens (tertiary/aromatic N) is 2. The molecule has 1 aliphatic heterocycles. The Morgan fingerprint density at radius 1 is 1.00 bits per heavy atom. The highest BCUT2D eigenvalue weighted by atomic mass is 16.5. The van der Waals surface area contributed by atoms with Crippen molar-refractivity contribution in [1.82, 2.24) is 15.1 Å². The quantitative estimate of drug-likeness (QED) is 0.612. The lowest BCUT2D eigenvalue weighted by molar-refractivity contribution is -0.123. The molecule has 1 heterocycles. The summed E-state index contributed by atoms with van der Waals surface area (Å²) < 4.78 is 16.4. The third kappa shape index (κ3) is 6.37. The van der Waals surface area contributed by atoms with Crippen LogP contribution in [-0.2, 0) is 17.9 Å². The van der Waals surface area contributed by atoms with Gasteiger partial charge in [0.2, 0.25) is 11.7 Å². The van der Waals surface area contributed by atoms with Crippen LogP contribution in [0.15, 0.2) is 42.5 Å². The second-order valence-electron chi connectivity index (χ2n) is 8.27. The summed E-state index contributed by atoms with van der Waals surface area (Å²) in [5.41, 5.74) is 2.27. The summed E-state index contributed by atoms with van der Waals surface area (Å²) in [4.78, 5) is 17.0. The van der Waals surface area contributed by atoms with Crippen molar-refractivity contribution >= 4 is 5.91 Å². The average molecular weight is 442 g/mol. The highest BCUT2D eigenvalue weighted by molar-refractivity contribution is 5.78. The Bertz CT molecular complexity index is 867. The molecule has 0 aliphatic carbocycles. The lowest BCUT2D eigenvalue weighted by atomic mass is 10.0. The number of carbonyl (C=O) groups is 1. The summed E-state index contributed by atoms with van der Waals surface area (Å²) in [5, 5.41) is 3.21. The maximum atomic E-state index is 12.6. The third-order valence-electron chi connectivity index (χ3n) is 5.84. The molecule has 0 bridgehead atoms. The topological polar surface area (TPSA) is 63.3 Å². The summed E-state index contributed by atoms with van der Waals surface area (Å²) in [6.07, 6.45) is 1.96. The number of methoxy groups -OCH3 is 3. The molecule has 1 N–H and O–H groups in total. The minimum atomic E-state index is 0.0495. The van der Waals surface area contributed by atoms with Crippen molar-refractivity contribution in [3.63, 3.8) is 0 Å². The Morgan fingerprint density at radius 2 is 1.69 bits per heavy atom. The highest BCUT2D eigenvalue weighted by Gasteiger charge is 2.22. The largest absolute Gasteiger partial charge is 0.493 e. The number of piperidine rings is 1. The van der Waals surface area contributed by atoms with Crippen LogP contribution in [-0.4, -0.2) is 69.8 Å². The standard InChI is InChI=1S/C25H35N3O4/c1-27(17-20-10-11-22(30-2)25(32-4)24(20)31-3)18-23(29)26-21-12-14-28(15-13-21)16-19-8-6-5-7-9-19/h5-11,21H,12-18H2,1-4H3,(H,26,29). The first kappa shape index (κ1) is 23.9. The molecule has 1 amide bonds. The molecule has 32 heavy (non-hydrogen) atoms. The molecule has 7 nitrogen and oxygen atoms in total. The Kier molecular flexibility index (Phi) is 8.76. The van der Waals surface area contributed by atoms with Gasteiger partial charge in [-0.15, -0.1) is 0 Å². The fourth-order valence-electron chi connectivity index (χ4n) is 4.23. The van der Waals surface area contributed by atoms with Gasteiger partial charge in [0.1, 0.15) is 0 Å². The Hall–Kier alpha value is -2.77. The van der Waals surface area contributed by atoms with E-state index in [4.69, 9.17) is 14.2 Å². The second kappa shape index (κ2) is 11.7. The monoisotopic (exact) mass is 441 g/mol. The number of rotatable bonds is 10. The zero-order chi connectivity index (χ0) is 22.9. The fraction of sp³-hybridized carbons (Fsp3) is 0.480. The zero-order valence-electron chi connectivity index (χ0n) is 19.6. The van der Waals surface area contributed by atoms with Gasteiger partial charge < -0.3 is 19.5 Å². The summed E-state index contributed by atoms with van der Waals surface area (Å²) in [7, 11) is 6.72.